The van der Waals surface area contributed by atoms with Gasteiger partial charge in [0.1, 0.15) is 5.82 Å². The van der Waals surface area contributed by atoms with Crippen LogP contribution in [0.3, 0.4) is 0 Å². The van der Waals surface area contributed by atoms with Gasteiger partial charge in [-0.15, -0.1) is 0 Å². The molecular weight excluding hydrogens is 708 g/mol. The quantitative estimate of drug-likeness (QED) is 0.130. The number of hydrogen-bond acceptors (Lipinski definition) is 2. The average Bonchev–Trinajstić information content (AvgIpc) is 3.60. The highest BCUT2D eigenvalue weighted by Gasteiger charge is 2.44. The van der Waals surface area contributed by atoms with Crippen LogP contribution in [0.1, 0.15) is 127 Å². The van der Waals surface area contributed by atoms with E-state index in [1.165, 1.54) is 79.1 Å². The van der Waals surface area contributed by atoms with Gasteiger partial charge < -0.3 is 9.80 Å². The fourth-order valence-electron chi connectivity index (χ4n) is 10.6. The first-order valence-corrected chi connectivity index (χ1v) is 21.5. The summed E-state index contributed by atoms with van der Waals surface area (Å²) in [5, 5.41) is 0. The van der Waals surface area contributed by atoms with Crippen LogP contribution in [-0.4, -0.2) is 13.1 Å². The van der Waals surface area contributed by atoms with E-state index in [9.17, 15) is 4.39 Å². The highest BCUT2D eigenvalue weighted by Crippen LogP contribution is 2.55. The van der Waals surface area contributed by atoms with Crippen LogP contribution >= 0.6 is 0 Å². The van der Waals surface area contributed by atoms with Gasteiger partial charge in [-0.1, -0.05) is 136 Å². The van der Waals surface area contributed by atoms with Gasteiger partial charge in [0.25, 0.3) is 0 Å². The maximum absolute atomic E-state index is 13.8. The molecule has 58 heavy (non-hydrogen) atoms. The van der Waals surface area contributed by atoms with E-state index in [1.54, 1.807) is 0 Å². The van der Waals surface area contributed by atoms with Crippen LogP contribution in [0.15, 0.2) is 127 Å². The minimum Gasteiger partial charge on any atom is -0.345 e. The minimum atomic E-state index is -0.219. The molecule has 8 rings (SSSR count). The summed E-state index contributed by atoms with van der Waals surface area (Å²) in [5.74, 6) is 0.536. The van der Waals surface area contributed by atoms with Gasteiger partial charge >= 0.3 is 0 Å². The molecule has 3 atom stereocenters. The molecule has 298 valence electrons. The third kappa shape index (κ3) is 6.28. The SMILES string of the molecule is CCC(N(c1ccccc1)c1ccc2c(c1)-c1cc(C(C)C)ccc1C2(C)C)C(C)(CC)C(C)c1ccc2c(c1)C(C)(C)c1cc(N(C)c3ccc(F)cc3)ccc1-2. The Morgan fingerprint density at radius 1 is 0.552 bits per heavy atom. The van der Waals surface area contributed by atoms with Crippen molar-refractivity contribution < 1.29 is 4.39 Å². The van der Waals surface area contributed by atoms with E-state index in [-0.39, 0.29) is 34.0 Å². The molecule has 0 aliphatic heterocycles. The minimum absolute atomic E-state index is 0.0476. The first-order valence-electron chi connectivity index (χ1n) is 21.5. The van der Waals surface area contributed by atoms with Crippen molar-refractivity contribution in [3.05, 3.63) is 167 Å². The molecule has 0 saturated heterocycles. The molecule has 0 N–H and O–H groups in total. The Morgan fingerprint density at radius 2 is 1.10 bits per heavy atom. The van der Waals surface area contributed by atoms with E-state index in [2.05, 4.69) is 189 Å². The summed E-state index contributed by atoms with van der Waals surface area (Å²) in [4.78, 5) is 4.82. The van der Waals surface area contributed by atoms with Crippen LogP contribution in [0.4, 0.5) is 27.1 Å². The van der Waals surface area contributed by atoms with E-state index in [0.717, 1.165) is 24.2 Å². The molecule has 6 aromatic carbocycles. The van der Waals surface area contributed by atoms with Crippen LogP contribution in [0.25, 0.3) is 22.3 Å². The molecule has 3 heteroatoms. The first kappa shape index (κ1) is 39.7. The number of hydrogen-bond donors (Lipinski definition) is 0. The molecule has 2 nitrogen and oxygen atoms in total. The molecule has 0 saturated carbocycles. The molecule has 0 fully saturated rings. The van der Waals surface area contributed by atoms with E-state index in [1.807, 2.05) is 12.1 Å². The van der Waals surface area contributed by atoms with E-state index < -0.39 is 0 Å². The lowest BCUT2D eigenvalue weighted by Gasteiger charge is -2.48. The number of anilines is 4. The van der Waals surface area contributed by atoms with Gasteiger partial charge in [-0.25, -0.2) is 4.39 Å². The Balaban J connectivity index is 1.18. The standard InChI is InChI=1S/C55H61FN2/c1-12-52(58(41-17-15-14-16-18-41)43-26-30-49-47(33-43)46-31-37(35(3)4)20-29-48(46)53(49,6)7)55(10,13-2)36(5)38-19-27-44-45-28-25-42(34-51(45)54(8,9)50(44)32-38)57(11)40-23-21-39(56)22-24-40/h14-36,52H,12-13H2,1-11H3. The van der Waals surface area contributed by atoms with Crippen LogP contribution in [0, 0.1) is 11.2 Å². The molecule has 2 aliphatic carbocycles. The highest BCUT2D eigenvalue weighted by molar-refractivity contribution is 5.86. The van der Waals surface area contributed by atoms with Gasteiger partial charge in [0.15, 0.2) is 0 Å². The largest absolute Gasteiger partial charge is 0.345 e. The van der Waals surface area contributed by atoms with Gasteiger partial charge in [0, 0.05) is 46.7 Å². The number of rotatable bonds is 11. The summed E-state index contributed by atoms with van der Waals surface area (Å²) in [6.07, 6.45) is 2.04. The third-order valence-corrected chi connectivity index (χ3v) is 14.7. The first-order chi connectivity index (χ1) is 27.6. The van der Waals surface area contributed by atoms with Gasteiger partial charge in [0.2, 0.25) is 0 Å². The summed E-state index contributed by atoms with van der Waals surface area (Å²) in [6.45, 7) is 23.9. The predicted molar refractivity (Wildman–Crippen MR) is 246 cm³/mol. The van der Waals surface area contributed by atoms with Crippen molar-refractivity contribution in [1.29, 1.82) is 0 Å². The number of halogens is 1. The molecule has 0 amide bonds. The number of fused-ring (bicyclic) bond motifs is 6. The van der Waals surface area contributed by atoms with E-state index >= 15 is 0 Å². The Labute approximate surface area is 347 Å². The van der Waals surface area contributed by atoms with Crippen LogP contribution < -0.4 is 9.80 Å². The molecular formula is C55H61FN2. The second-order valence-corrected chi connectivity index (χ2v) is 18.7. The summed E-state index contributed by atoms with van der Waals surface area (Å²) in [6, 6.07) is 46.7. The summed E-state index contributed by atoms with van der Waals surface area (Å²) >= 11 is 0. The van der Waals surface area contributed by atoms with Crippen molar-refractivity contribution in [2.24, 2.45) is 5.41 Å². The Kier molecular flexibility index (Phi) is 9.98. The maximum atomic E-state index is 13.8. The number of nitrogens with zero attached hydrogens (tertiary/aromatic N) is 2. The van der Waals surface area contributed by atoms with Crippen molar-refractivity contribution in [3.63, 3.8) is 0 Å². The maximum Gasteiger partial charge on any atom is 0.123 e. The molecule has 2 aliphatic rings. The Morgan fingerprint density at radius 3 is 1.74 bits per heavy atom. The smallest absolute Gasteiger partial charge is 0.123 e. The molecule has 0 aromatic heterocycles. The number of para-hydroxylation sites is 1. The van der Waals surface area contributed by atoms with Crippen molar-refractivity contribution in [2.75, 3.05) is 16.8 Å². The molecule has 6 aromatic rings. The average molecular weight is 769 g/mol. The second kappa shape index (κ2) is 14.6. The molecule has 0 radical (unpaired) electrons. The van der Waals surface area contributed by atoms with Gasteiger partial charge in [-0.2, -0.15) is 0 Å². The van der Waals surface area contributed by atoms with Crippen LogP contribution in [0.5, 0.6) is 0 Å². The summed E-state index contributed by atoms with van der Waals surface area (Å²) < 4.78 is 13.8. The lowest BCUT2D eigenvalue weighted by molar-refractivity contribution is 0.191. The van der Waals surface area contributed by atoms with Crippen LogP contribution in [0.2, 0.25) is 0 Å². The highest BCUT2D eigenvalue weighted by atomic mass is 19.1. The predicted octanol–water partition coefficient (Wildman–Crippen LogP) is 15.5. The Hall–Kier alpha value is -5.15. The van der Waals surface area contributed by atoms with Crippen molar-refractivity contribution in [1.82, 2.24) is 0 Å². The zero-order chi connectivity index (χ0) is 41.3. The lowest BCUT2D eigenvalue weighted by atomic mass is 9.65. The number of benzene rings is 6. The summed E-state index contributed by atoms with van der Waals surface area (Å²) in [7, 11) is 2.06. The van der Waals surface area contributed by atoms with Crippen molar-refractivity contribution in [2.45, 2.75) is 111 Å². The van der Waals surface area contributed by atoms with Gasteiger partial charge in [-0.05, 0) is 146 Å². The molecule has 0 heterocycles. The van der Waals surface area contributed by atoms with E-state index in [0.29, 0.717) is 5.92 Å². The molecule has 3 unspecified atom stereocenters. The fraction of sp³-hybridized carbons (Fsp3) is 0.345. The molecule has 0 bridgehead atoms. The van der Waals surface area contributed by atoms with Crippen LogP contribution in [-0.2, 0) is 10.8 Å². The topological polar surface area (TPSA) is 6.48 Å². The summed E-state index contributed by atoms with van der Waals surface area (Å²) in [5.41, 5.74) is 18.0. The van der Waals surface area contributed by atoms with Crippen molar-refractivity contribution in [3.8, 4) is 22.3 Å². The fourth-order valence-corrected chi connectivity index (χ4v) is 10.6. The second-order valence-electron chi connectivity index (χ2n) is 18.7. The normalized spacial score (nSPS) is 16.5. The lowest BCUT2D eigenvalue weighted by Crippen LogP contribution is -2.46. The zero-order valence-corrected chi connectivity index (χ0v) is 36.5. The van der Waals surface area contributed by atoms with Gasteiger partial charge in [0.05, 0.1) is 0 Å². The Bertz CT molecular complexity index is 2480. The third-order valence-electron chi connectivity index (χ3n) is 14.7. The molecule has 0 spiro atoms. The van der Waals surface area contributed by atoms with Crippen molar-refractivity contribution >= 4 is 22.7 Å². The monoisotopic (exact) mass is 768 g/mol. The zero-order valence-electron chi connectivity index (χ0n) is 36.5. The van der Waals surface area contributed by atoms with Gasteiger partial charge in [-0.3, -0.25) is 0 Å². The van der Waals surface area contributed by atoms with E-state index in [4.69, 9.17) is 0 Å².